The third-order valence-corrected chi connectivity index (χ3v) is 8.03. The topological polar surface area (TPSA) is 35.5 Å². The maximum absolute atomic E-state index is 11.8. The molecular formula is C29H52O3. The van der Waals surface area contributed by atoms with E-state index in [2.05, 4.69) is 13.5 Å². The molecule has 3 heteroatoms. The summed E-state index contributed by atoms with van der Waals surface area (Å²) in [6, 6.07) is 0. The van der Waals surface area contributed by atoms with E-state index >= 15 is 0 Å². The van der Waals surface area contributed by atoms with Gasteiger partial charge in [-0.15, -0.1) is 0 Å². The van der Waals surface area contributed by atoms with E-state index < -0.39 is 0 Å². The molecule has 0 saturated heterocycles. The van der Waals surface area contributed by atoms with Crippen molar-refractivity contribution in [2.75, 3.05) is 19.8 Å². The molecule has 2 aliphatic rings. The Hall–Kier alpha value is -0.830. The van der Waals surface area contributed by atoms with Gasteiger partial charge < -0.3 is 9.47 Å². The molecule has 32 heavy (non-hydrogen) atoms. The predicted octanol–water partition coefficient (Wildman–Crippen LogP) is 8.41. The van der Waals surface area contributed by atoms with Crippen molar-refractivity contribution in [1.82, 2.24) is 0 Å². The maximum atomic E-state index is 11.8. The van der Waals surface area contributed by atoms with Crippen LogP contribution in [-0.4, -0.2) is 25.8 Å². The van der Waals surface area contributed by atoms with Crippen molar-refractivity contribution in [3.63, 3.8) is 0 Å². The fraction of sp³-hybridized carbons (Fsp3) is 0.897. The van der Waals surface area contributed by atoms with Gasteiger partial charge in [0.25, 0.3) is 0 Å². The highest BCUT2D eigenvalue weighted by molar-refractivity contribution is 5.86. The largest absolute Gasteiger partial charge is 0.462 e. The van der Waals surface area contributed by atoms with E-state index in [0.717, 1.165) is 19.1 Å². The number of hydrogen-bond donors (Lipinski definition) is 0. The van der Waals surface area contributed by atoms with Gasteiger partial charge in [0, 0.05) is 23.5 Å². The molecule has 3 nitrogen and oxygen atoms in total. The summed E-state index contributed by atoms with van der Waals surface area (Å²) in [4.78, 5) is 11.8. The summed E-state index contributed by atoms with van der Waals surface area (Å²) >= 11 is 0. The van der Waals surface area contributed by atoms with Gasteiger partial charge in [-0.2, -0.15) is 0 Å². The zero-order valence-electron chi connectivity index (χ0n) is 21.4. The summed E-state index contributed by atoms with van der Waals surface area (Å²) in [7, 11) is 0. The normalized spacial score (nSPS) is 24.2. The number of hydrogen-bond acceptors (Lipinski definition) is 3. The summed E-state index contributed by atoms with van der Waals surface area (Å²) in [6.45, 7) is 10.00. The highest BCUT2D eigenvalue weighted by Crippen LogP contribution is 2.57. The summed E-state index contributed by atoms with van der Waals surface area (Å²) < 4.78 is 11.7. The first kappa shape index (κ1) is 27.4. The molecule has 2 bridgehead atoms. The molecule has 0 N–H and O–H groups in total. The molecule has 2 aliphatic carbocycles. The molecule has 0 aromatic rings. The zero-order valence-corrected chi connectivity index (χ0v) is 21.4. The number of fused-ring (bicyclic) bond motifs is 2. The van der Waals surface area contributed by atoms with Crippen LogP contribution >= 0.6 is 0 Å². The first-order valence-corrected chi connectivity index (χ1v) is 14.0. The second-order valence-corrected chi connectivity index (χ2v) is 10.9. The standard InChI is InChI=1S/C29H52O3/c1-4-5-6-7-8-9-10-11-12-13-14-15-16-17-20-31-24-29-19-18-26(22-29)21-27(29)23-32-28(30)25(2)3/h26-27H,2,4-24H2,1,3H3. The van der Waals surface area contributed by atoms with Crippen molar-refractivity contribution in [2.45, 2.75) is 129 Å². The molecule has 0 heterocycles. The molecule has 0 aliphatic heterocycles. The molecule has 186 valence electrons. The minimum Gasteiger partial charge on any atom is -0.462 e. The monoisotopic (exact) mass is 448 g/mol. The number of carbonyl (C=O) groups is 1. The molecular weight excluding hydrogens is 396 g/mol. The van der Waals surface area contributed by atoms with Gasteiger partial charge in [0.2, 0.25) is 0 Å². The summed E-state index contributed by atoms with van der Waals surface area (Å²) in [5, 5.41) is 0. The number of esters is 1. The Labute approximate surface area is 199 Å². The average Bonchev–Trinajstić information content (AvgIpc) is 3.35. The Kier molecular flexibility index (Phi) is 13.6. The molecule has 2 saturated carbocycles. The van der Waals surface area contributed by atoms with Crippen molar-refractivity contribution in [2.24, 2.45) is 17.3 Å². The van der Waals surface area contributed by atoms with Gasteiger partial charge in [0.15, 0.2) is 0 Å². The highest BCUT2D eigenvalue weighted by Gasteiger charge is 2.52. The zero-order chi connectivity index (χ0) is 23.1. The average molecular weight is 449 g/mol. The van der Waals surface area contributed by atoms with E-state index in [0.29, 0.717) is 18.1 Å². The van der Waals surface area contributed by atoms with Crippen LogP contribution < -0.4 is 0 Å². The first-order chi connectivity index (χ1) is 15.6. The number of ether oxygens (including phenoxy) is 2. The van der Waals surface area contributed by atoms with Crippen LogP contribution in [0.3, 0.4) is 0 Å². The Morgan fingerprint density at radius 1 is 0.906 bits per heavy atom. The molecule has 3 unspecified atom stereocenters. The van der Waals surface area contributed by atoms with Crippen molar-refractivity contribution in [1.29, 1.82) is 0 Å². The quantitative estimate of drug-likeness (QED) is 0.106. The van der Waals surface area contributed by atoms with Gasteiger partial charge in [-0.3, -0.25) is 0 Å². The molecule has 0 aromatic heterocycles. The molecule has 0 aromatic carbocycles. The van der Waals surface area contributed by atoms with Crippen LogP contribution in [0.2, 0.25) is 0 Å². The third-order valence-electron chi connectivity index (χ3n) is 8.03. The second-order valence-electron chi connectivity index (χ2n) is 10.9. The summed E-state index contributed by atoms with van der Waals surface area (Å²) in [5.74, 6) is 1.04. The molecule has 0 spiro atoms. The summed E-state index contributed by atoms with van der Waals surface area (Å²) in [6.07, 6.45) is 24.5. The van der Waals surface area contributed by atoms with Crippen LogP contribution in [0.1, 0.15) is 129 Å². The van der Waals surface area contributed by atoms with Crippen molar-refractivity contribution < 1.29 is 14.3 Å². The van der Waals surface area contributed by atoms with E-state index in [1.807, 2.05) is 0 Å². The van der Waals surface area contributed by atoms with Crippen LogP contribution in [0.15, 0.2) is 12.2 Å². The predicted molar refractivity (Wildman–Crippen MR) is 135 cm³/mol. The van der Waals surface area contributed by atoms with E-state index in [1.54, 1.807) is 6.92 Å². The molecule has 2 fully saturated rings. The molecule has 2 rings (SSSR count). The summed E-state index contributed by atoms with van der Waals surface area (Å²) in [5.41, 5.74) is 0.756. The molecule has 0 amide bonds. The number of unbranched alkanes of at least 4 members (excludes halogenated alkanes) is 13. The van der Waals surface area contributed by atoms with Crippen LogP contribution in [0, 0.1) is 17.3 Å². The van der Waals surface area contributed by atoms with Gasteiger partial charge in [-0.05, 0) is 44.9 Å². The highest BCUT2D eigenvalue weighted by atomic mass is 16.5. The van der Waals surface area contributed by atoms with Crippen LogP contribution in [-0.2, 0) is 14.3 Å². The van der Waals surface area contributed by atoms with Gasteiger partial charge >= 0.3 is 5.97 Å². The lowest BCUT2D eigenvalue weighted by Gasteiger charge is -2.34. The number of carbonyl (C=O) groups excluding carboxylic acids is 1. The molecule has 3 atom stereocenters. The fourth-order valence-corrected chi connectivity index (χ4v) is 5.96. The van der Waals surface area contributed by atoms with Crippen LogP contribution in [0.25, 0.3) is 0 Å². The van der Waals surface area contributed by atoms with Crippen LogP contribution in [0.5, 0.6) is 0 Å². The first-order valence-electron chi connectivity index (χ1n) is 14.0. The van der Waals surface area contributed by atoms with Crippen molar-refractivity contribution in [3.05, 3.63) is 12.2 Å². The van der Waals surface area contributed by atoms with Crippen LogP contribution in [0.4, 0.5) is 0 Å². The fourth-order valence-electron chi connectivity index (χ4n) is 5.96. The van der Waals surface area contributed by atoms with Gasteiger partial charge in [-0.25, -0.2) is 4.79 Å². The minimum atomic E-state index is -0.244. The Bertz CT molecular complexity index is 528. The van der Waals surface area contributed by atoms with Gasteiger partial charge in [0.05, 0.1) is 13.2 Å². The smallest absolute Gasteiger partial charge is 0.333 e. The molecule has 0 radical (unpaired) electrons. The van der Waals surface area contributed by atoms with Crippen molar-refractivity contribution in [3.8, 4) is 0 Å². The lowest BCUT2D eigenvalue weighted by Crippen LogP contribution is -2.34. The van der Waals surface area contributed by atoms with Gasteiger partial charge in [-0.1, -0.05) is 97.0 Å². The lowest BCUT2D eigenvalue weighted by atomic mass is 9.76. The second kappa shape index (κ2) is 15.9. The van der Waals surface area contributed by atoms with E-state index in [4.69, 9.17) is 9.47 Å². The Balaban J connectivity index is 1.42. The Morgan fingerprint density at radius 3 is 2.00 bits per heavy atom. The van der Waals surface area contributed by atoms with E-state index in [-0.39, 0.29) is 11.4 Å². The minimum absolute atomic E-state index is 0.244. The van der Waals surface area contributed by atoms with E-state index in [1.165, 1.54) is 116 Å². The number of rotatable bonds is 20. The Morgan fingerprint density at radius 2 is 1.47 bits per heavy atom. The van der Waals surface area contributed by atoms with Gasteiger partial charge in [0.1, 0.15) is 0 Å². The van der Waals surface area contributed by atoms with E-state index in [9.17, 15) is 4.79 Å². The third kappa shape index (κ3) is 9.98. The lowest BCUT2D eigenvalue weighted by molar-refractivity contribution is -0.142. The maximum Gasteiger partial charge on any atom is 0.333 e. The SMILES string of the molecule is C=C(C)C(=O)OCC1CC2CCC1(COCCCCCCCCCCCCCCCC)C2. The van der Waals surface area contributed by atoms with Crippen molar-refractivity contribution >= 4 is 5.97 Å².